The number of piperazine rings is 1. The molecule has 0 unspecified atom stereocenters. The van der Waals surface area contributed by atoms with Crippen LogP contribution < -0.4 is 10.0 Å². The molecule has 2 N–H and O–H groups in total. The predicted octanol–water partition coefficient (Wildman–Crippen LogP) is 0.696. The monoisotopic (exact) mass is 273 g/mol. The summed E-state index contributed by atoms with van der Waals surface area (Å²) in [5.41, 5.74) is 0.733. The average molecular weight is 273 g/mol. The summed E-state index contributed by atoms with van der Waals surface area (Å²) < 4.78 is 41.2. The van der Waals surface area contributed by atoms with E-state index < -0.39 is 16.0 Å². The first kappa shape index (κ1) is 13.3. The van der Waals surface area contributed by atoms with Crippen LogP contribution in [0.3, 0.4) is 0 Å². The fourth-order valence-electron chi connectivity index (χ4n) is 1.79. The van der Waals surface area contributed by atoms with Crippen molar-refractivity contribution in [1.29, 1.82) is 0 Å². The van der Waals surface area contributed by atoms with Crippen LogP contribution in [0.5, 0.6) is 0 Å². The van der Waals surface area contributed by atoms with Crippen molar-refractivity contribution in [3.05, 3.63) is 29.6 Å². The molecule has 7 heteroatoms. The molecule has 0 saturated carbocycles. The molecule has 1 fully saturated rings. The van der Waals surface area contributed by atoms with Gasteiger partial charge in [-0.3, -0.25) is 4.72 Å². The van der Waals surface area contributed by atoms with Crippen molar-refractivity contribution >= 4 is 15.9 Å². The normalized spacial score (nSPS) is 17.7. The average Bonchev–Trinajstić information content (AvgIpc) is 2.34. The Morgan fingerprint density at radius 3 is 2.61 bits per heavy atom. The summed E-state index contributed by atoms with van der Waals surface area (Å²) in [6.45, 7) is 3.75. The van der Waals surface area contributed by atoms with Gasteiger partial charge in [0.25, 0.3) is 0 Å². The van der Waals surface area contributed by atoms with Crippen molar-refractivity contribution in [2.75, 3.05) is 30.9 Å². The van der Waals surface area contributed by atoms with E-state index in [0.717, 1.165) is 5.56 Å². The van der Waals surface area contributed by atoms with Crippen molar-refractivity contribution < 1.29 is 12.8 Å². The third-order valence-electron chi connectivity index (χ3n) is 2.78. The van der Waals surface area contributed by atoms with Gasteiger partial charge in [0.1, 0.15) is 5.82 Å². The highest BCUT2D eigenvalue weighted by Crippen LogP contribution is 2.18. The van der Waals surface area contributed by atoms with Crippen LogP contribution in [0.15, 0.2) is 18.2 Å². The standard InChI is InChI=1S/C11H16FN3O2S/c1-9-2-3-11(10(12)8-9)14-18(16,17)15-6-4-13-5-7-15/h2-3,8,13-14H,4-7H2,1H3. The second-order valence-electron chi connectivity index (χ2n) is 4.24. The molecular formula is C11H16FN3O2S. The molecule has 0 radical (unpaired) electrons. The van der Waals surface area contributed by atoms with Crippen molar-refractivity contribution in [1.82, 2.24) is 9.62 Å². The third-order valence-corrected chi connectivity index (χ3v) is 4.30. The summed E-state index contributed by atoms with van der Waals surface area (Å²) in [5, 5.41) is 3.06. The van der Waals surface area contributed by atoms with Crippen LogP contribution in [-0.4, -0.2) is 38.9 Å². The van der Waals surface area contributed by atoms with E-state index in [0.29, 0.717) is 26.2 Å². The SMILES string of the molecule is Cc1ccc(NS(=O)(=O)N2CCNCC2)c(F)c1. The number of benzene rings is 1. The highest BCUT2D eigenvalue weighted by molar-refractivity contribution is 7.90. The van der Waals surface area contributed by atoms with Crippen LogP contribution in [-0.2, 0) is 10.2 Å². The quantitative estimate of drug-likeness (QED) is 0.852. The van der Waals surface area contributed by atoms with Crippen molar-refractivity contribution in [2.24, 2.45) is 0 Å². The van der Waals surface area contributed by atoms with Gasteiger partial charge < -0.3 is 5.32 Å². The molecule has 1 heterocycles. The fraction of sp³-hybridized carbons (Fsp3) is 0.455. The van der Waals surface area contributed by atoms with Gasteiger partial charge in [0.15, 0.2) is 0 Å². The summed E-state index contributed by atoms with van der Waals surface area (Å²) in [6, 6.07) is 4.40. The molecule has 0 atom stereocenters. The van der Waals surface area contributed by atoms with Crippen molar-refractivity contribution in [3.8, 4) is 0 Å². The highest BCUT2D eigenvalue weighted by atomic mass is 32.2. The molecule has 0 amide bonds. The van der Waals surface area contributed by atoms with Gasteiger partial charge in [-0.1, -0.05) is 6.07 Å². The second kappa shape index (κ2) is 5.21. The molecule has 0 aromatic heterocycles. The van der Waals surface area contributed by atoms with Crippen molar-refractivity contribution in [2.45, 2.75) is 6.92 Å². The third kappa shape index (κ3) is 2.98. The van der Waals surface area contributed by atoms with E-state index in [1.807, 2.05) is 0 Å². The molecule has 0 bridgehead atoms. The molecule has 1 saturated heterocycles. The number of anilines is 1. The van der Waals surface area contributed by atoms with E-state index in [9.17, 15) is 12.8 Å². The zero-order valence-corrected chi connectivity index (χ0v) is 10.9. The van der Waals surface area contributed by atoms with Crippen LogP contribution >= 0.6 is 0 Å². The maximum absolute atomic E-state index is 13.6. The Labute approximate surface area is 106 Å². The second-order valence-corrected chi connectivity index (χ2v) is 5.91. The molecule has 2 rings (SSSR count). The Morgan fingerprint density at radius 2 is 2.00 bits per heavy atom. The number of nitrogens with one attached hydrogen (secondary N) is 2. The predicted molar refractivity (Wildman–Crippen MR) is 68.1 cm³/mol. The lowest BCUT2D eigenvalue weighted by molar-refractivity contribution is 0.362. The molecule has 0 aliphatic carbocycles. The van der Waals surface area contributed by atoms with E-state index in [2.05, 4.69) is 10.0 Å². The lowest BCUT2D eigenvalue weighted by atomic mass is 10.2. The molecular weight excluding hydrogens is 257 g/mol. The summed E-state index contributed by atoms with van der Waals surface area (Å²) in [5.74, 6) is -0.561. The van der Waals surface area contributed by atoms with Gasteiger partial charge in [-0.2, -0.15) is 12.7 Å². The van der Waals surface area contributed by atoms with Gasteiger partial charge in [-0.05, 0) is 24.6 Å². The maximum atomic E-state index is 13.6. The maximum Gasteiger partial charge on any atom is 0.301 e. The summed E-state index contributed by atoms with van der Waals surface area (Å²) in [6.07, 6.45) is 0. The molecule has 1 aliphatic rings. The van der Waals surface area contributed by atoms with E-state index in [-0.39, 0.29) is 5.69 Å². The zero-order valence-electron chi connectivity index (χ0n) is 10.1. The lowest BCUT2D eigenvalue weighted by Gasteiger charge is -2.26. The molecule has 5 nitrogen and oxygen atoms in total. The van der Waals surface area contributed by atoms with Crippen molar-refractivity contribution in [3.63, 3.8) is 0 Å². The Balaban J connectivity index is 2.16. The minimum Gasteiger partial charge on any atom is -0.314 e. The summed E-state index contributed by atoms with van der Waals surface area (Å²) in [4.78, 5) is 0. The van der Waals surface area contributed by atoms with Crippen LogP contribution in [0.4, 0.5) is 10.1 Å². The Kier molecular flexibility index (Phi) is 3.84. The Bertz CT molecular complexity index is 527. The number of nitrogens with zero attached hydrogens (tertiary/aromatic N) is 1. The van der Waals surface area contributed by atoms with Crippen LogP contribution in [0.25, 0.3) is 0 Å². The minimum absolute atomic E-state index is 0.0147. The largest absolute Gasteiger partial charge is 0.314 e. The number of hydrogen-bond acceptors (Lipinski definition) is 3. The first-order valence-corrected chi connectivity index (χ1v) is 7.18. The molecule has 100 valence electrons. The first-order chi connectivity index (χ1) is 8.49. The van der Waals surface area contributed by atoms with Gasteiger partial charge in [0, 0.05) is 26.2 Å². The summed E-state index contributed by atoms with van der Waals surface area (Å²) in [7, 11) is -3.67. The van der Waals surface area contributed by atoms with E-state index in [1.54, 1.807) is 13.0 Å². The Hall–Kier alpha value is -1.18. The number of aryl methyl sites for hydroxylation is 1. The number of halogens is 1. The molecule has 1 aromatic rings. The van der Waals surface area contributed by atoms with Gasteiger partial charge in [-0.25, -0.2) is 4.39 Å². The number of hydrogen-bond donors (Lipinski definition) is 2. The topological polar surface area (TPSA) is 61.4 Å². The van der Waals surface area contributed by atoms with E-state index in [1.165, 1.54) is 16.4 Å². The van der Waals surface area contributed by atoms with E-state index >= 15 is 0 Å². The van der Waals surface area contributed by atoms with E-state index in [4.69, 9.17) is 0 Å². The van der Waals surface area contributed by atoms with Gasteiger partial charge in [-0.15, -0.1) is 0 Å². The lowest BCUT2D eigenvalue weighted by Crippen LogP contribution is -2.48. The molecule has 1 aromatic carbocycles. The van der Waals surface area contributed by atoms with Gasteiger partial charge >= 0.3 is 10.2 Å². The van der Waals surface area contributed by atoms with Crippen LogP contribution in [0.1, 0.15) is 5.56 Å². The van der Waals surface area contributed by atoms with Gasteiger partial charge in [0.05, 0.1) is 5.69 Å². The molecule has 0 spiro atoms. The molecule has 1 aliphatic heterocycles. The summed E-state index contributed by atoms with van der Waals surface area (Å²) >= 11 is 0. The van der Waals surface area contributed by atoms with Crippen LogP contribution in [0.2, 0.25) is 0 Å². The smallest absolute Gasteiger partial charge is 0.301 e. The van der Waals surface area contributed by atoms with Crippen LogP contribution in [0, 0.1) is 12.7 Å². The number of rotatable bonds is 3. The first-order valence-electron chi connectivity index (χ1n) is 5.74. The Morgan fingerprint density at radius 1 is 1.33 bits per heavy atom. The zero-order chi connectivity index (χ0) is 13.2. The fourth-order valence-corrected chi connectivity index (χ4v) is 3.03. The minimum atomic E-state index is -3.67. The highest BCUT2D eigenvalue weighted by Gasteiger charge is 2.24. The molecule has 18 heavy (non-hydrogen) atoms. The van der Waals surface area contributed by atoms with Gasteiger partial charge in [0.2, 0.25) is 0 Å².